The second kappa shape index (κ2) is 5.62. The van der Waals surface area contributed by atoms with Gasteiger partial charge < -0.3 is 13.7 Å². The summed E-state index contributed by atoms with van der Waals surface area (Å²) in [6.07, 6.45) is 1.57. The SMILES string of the molecule is C[N+]1(C)CCN(CCOCc2ccon2)CC1. The number of nitrogens with zero attached hydrogens (tertiary/aromatic N) is 3. The predicted octanol–water partition coefficient (Wildman–Crippen LogP) is 0.583. The van der Waals surface area contributed by atoms with Gasteiger partial charge in [0.15, 0.2) is 0 Å². The van der Waals surface area contributed by atoms with Crippen LogP contribution < -0.4 is 0 Å². The smallest absolute Gasteiger partial charge is 0.124 e. The molecule has 0 saturated carbocycles. The van der Waals surface area contributed by atoms with Crippen molar-refractivity contribution in [3.63, 3.8) is 0 Å². The molecule has 1 fully saturated rings. The summed E-state index contributed by atoms with van der Waals surface area (Å²) in [7, 11) is 4.58. The average molecular weight is 240 g/mol. The zero-order chi connectivity index (χ0) is 12.1. The van der Waals surface area contributed by atoms with Crippen molar-refractivity contribution in [2.75, 3.05) is 53.4 Å². The molecule has 0 amide bonds. The maximum Gasteiger partial charge on any atom is 0.124 e. The quantitative estimate of drug-likeness (QED) is 0.557. The first-order chi connectivity index (χ1) is 8.16. The maximum absolute atomic E-state index is 5.56. The lowest BCUT2D eigenvalue weighted by atomic mass is 10.3. The van der Waals surface area contributed by atoms with Crippen molar-refractivity contribution < 1.29 is 13.7 Å². The van der Waals surface area contributed by atoms with Gasteiger partial charge in [0.05, 0.1) is 40.4 Å². The standard InChI is InChI=1S/C12H22N3O2/c1-15(2)7-4-14(5-8-15)6-10-16-11-12-3-9-17-13-12/h3,9H,4-8,10-11H2,1-2H3/q+1. The molecule has 0 unspecified atom stereocenters. The molecule has 2 heterocycles. The second-order valence-electron chi connectivity index (χ2n) is 5.27. The van der Waals surface area contributed by atoms with Crippen molar-refractivity contribution in [2.24, 2.45) is 0 Å². The van der Waals surface area contributed by atoms with Crippen LogP contribution in [0.5, 0.6) is 0 Å². The van der Waals surface area contributed by atoms with Crippen molar-refractivity contribution in [1.29, 1.82) is 0 Å². The van der Waals surface area contributed by atoms with Crippen LogP contribution in [-0.2, 0) is 11.3 Å². The number of ether oxygens (including phenoxy) is 1. The van der Waals surface area contributed by atoms with Gasteiger partial charge in [-0.1, -0.05) is 5.16 Å². The van der Waals surface area contributed by atoms with Gasteiger partial charge in [-0.3, -0.25) is 4.90 Å². The van der Waals surface area contributed by atoms with E-state index in [4.69, 9.17) is 9.26 Å². The molecule has 0 atom stereocenters. The van der Waals surface area contributed by atoms with Crippen LogP contribution in [0.15, 0.2) is 16.9 Å². The van der Waals surface area contributed by atoms with E-state index in [-0.39, 0.29) is 0 Å². The summed E-state index contributed by atoms with van der Waals surface area (Å²) in [5, 5.41) is 3.80. The zero-order valence-electron chi connectivity index (χ0n) is 10.8. The molecule has 96 valence electrons. The van der Waals surface area contributed by atoms with Gasteiger partial charge in [0.1, 0.15) is 12.0 Å². The molecule has 17 heavy (non-hydrogen) atoms. The highest BCUT2D eigenvalue weighted by Crippen LogP contribution is 2.06. The lowest BCUT2D eigenvalue weighted by molar-refractivity contribution is -0.894. The fourth-order valence-electron chi connectivity index (χ4n) is 1.95. The normalized spacial score (nSPS) is 20.6. The second-order valence-corrected chi connectivity index (χ2v) is 5.27. The molecule has 0 bridgehead atoms. The number of quaternary nitrogens is 1. The third-order valence-corrected chi connectivity index (χ3v) is 3.34. The molecule has 0 aromatic carbocycles. The van der Waals surface area contributed by atoms with Crippen LogP contribution in [0.2, 0.25) is 0 Å². The Morgan fingerprint density at radius 3 is 2.82 bits per heavy atom. The zero-order valence-corrected chi connectivity index (χ0v) is 10.8. The van der Waals surface area contributed by atoms with Crippen molar-refractivity contribution in [1.82, 2.24) is 10.1 Å². The number of rotatable bonds is 5. The Morgan fingerprint density at radius 2 is 2.18 bits per heavy atom. The lowest BCUT2D eigenvalue weighted by Gasteiger charge is -2.38. The Kier molecular flexibility index (Phi) is 4.15. The van der Waals surface area contributed by atoms with Gasteiger partial charge in [-0.15, -0.1) is 0 Å². The Balaban J connectivity index is 1.57. The van der Waals surface area contributed by atoms with Crippen molar-refractivity contribution in [3.8, 4) is 0 Å². The number of hydrogen-bond acceptors (Lipinski definition) is 4. The van der Waals surface area contributed by atoms with Crippen LogP contribution in [0.3, 0.4) is 0 Å². The van der Waals surface area contributed by atoms with E-state index in [9.17, 15) is 0 Å². The monoisotopic (exact) mass is 240 g/mol. The molecule has 0 N–H and O–H groups in total. The highest BCUT2D eigenvalue weighted by atomic mass is 16.5. The van der Waals surface area contributed by atoms with Crippen molar-refractivity contribution >= 4 is 0 Å². The van der Waals surface area contributed by atoms with E-state index >= 15 is 0 Å². The summed E-state index contributed by atoms with van der Waals surface area (Å²) >= 11 is 0. The van der Waals surface area contributed by atoms with Gasteiger partial charge in [-0.05, 0) is 0 Å². The Hall–Kier alpha value is -0.910. The van der Waals surface area contributed by atoms with E-state index in [1.807, 2.05) is 6.07 Å². The molecule has 0 spiro atoms. The summed E-state index contributed by atoms with van der Waals surface area (Å²) in [4.78, 5) is 2.46. The third-order valence-electron chi connectivity index (χ3n) is 3.34. The lowest BCUT2D eigenvalue weighted by Crippen LogP contribution is -2.55. The van der Waals surface area contributed by atoms with Crippen LogP contribution in [-0.4, -0.2) is 68.0 Å². The summed E-state index contributed by atoms with van der Waals surface area (Å²) in [5.41, 5.74) is 0.862. The molecule has 1 aliphatic heterocycles. The fourth-order valence-corrected chi connectivity index (χ4v) is 1.95. The maximum atomic E-state index is 5.56. The summed E-state index contributed by atoms with van der Waals surface area (Å²) in [5.74, 6) is 0. The summed E-state index contributed by atoms with van der Waals surface area (Å²) < 4.78 is 11.4. The van der Waals surface area contributed by atoms with Crippen molar-refractivity contribution in [2.45, 2.75) is 6.61 Å². The van der Waals surface area contributed by atoms with Crippen LogP contribution in [0, 0.1) is 0 Å². The molecule has 0 aliphatic carbocycles. The molecule has 2 rings (SSSR count). The van der Waals surface area contributed by atoms with Crippen LogP contribution in [0.1, 0.15) is 5.69 Å². The van der Waals surface area contributed by atoms with Crippen LogP contribution in [0.4, 0.5) is 0 Å². The molecule has 1 aromatic heterocycles. The average Bonchev–Trinajstić information content (AvgIpc) is 2.79. The van der Waals surface area contributed by atoms with Crippen LogP contribution >= 0.6 is 0 Å². The molecule has 1 aliphatic rings. The van der Waals surface area contributed by atoms with Crippen molar-refractivity contribution in [3.05, 3.63) is 18.0 Å². The van der Waals surface area contributed by atoms with Gasteiger partial charge in [0, 0.05) is 25.7 Å². The Labute approximate surface area is 103 Å². The third kappa shape index (κ3) is 4.11. The van der Waals surface area contributed by atoms with Gasteiger partial charge in [-0.2, -0.15) is 0 Å². The topological polar surface area (TPSA) is 38.5 Å². The summed E-state index contributed by atoms with van der Waals surface area (Å²) in [6.45, 7) is 7.11. The molecule has 1 saturated heterocycles. The molecular weight excluding hydrogens is 218 g/mol. The van der Waals surface area contributed by atoms with Crippen LogP contribution in [0.25, 0.3) is 0 Å². The van der Waals surface area contributed by atoms with E-state index in [1.165, 1.54) is 26.2 Å². The Bertz CT molecular complexity index is 315. The van der Waals surface area contributed by atoms with Gasteiger partial charge >= 0.3 is 0 Å². The molecule has 5 nitrogen and oxygen atoms in total. The largest absolute Gasteiger partial charge is 0.374 e. The van der Waals surface area contributed by atoms with Gasteiger partial charge in [-0.25, -0.2) is 0 Å². The molecule has 1 aromatic rings. The fraction of sp³-hybridized carbons (Fsp3) is 0.750. The number of aromatic nitrogens is 1. The predicted molar refractivity (Wildman–Crippen MR) is 64.4 cm³/mol. The molecule has 5 heteroatoms. The Morgan fingerprint density at radius 1 is 1.41 bits per heavy atom. The minimum Gasteiger partial charge on any atom is -0.374 e. The molecular formula is C12H22N3O2+. The van der Waals surface area contributed by atoms with E-state index in [2.05, 4.69) is 24.2 Å². The minimum absolute atomic E-state index is 0.548. The number of hydrogen-bond donors (Lipinski definition) is 0. The summed E-state index contributed by atoms with van der Waals surface area (Å²) in [6, 6.07) is 1.83. The minimum atomic E-state index is 0.548. The van der Waals surface area contributed by atoms with Gasteiger partial charge in [0.25, 0.3) is 0 Å². The first-order valence-electron chi connectivity index (χ1n) is 6.17. The first kappa shape index (κ1) is 12.5. The highest BCUT2D eigenvalue weighted by molar-refractivity contribution is 4.92. The highest BCUT2D eigenvalue weighted by Gasteiger charge is 2.23. The van der Waals surface area contributed by atoms with Gasteiger partial charge in [0.2, 0.25) is 0 Å². The number of likely N-dealkylation sites (N-methyl/N-ethyl adjacent to an activating group) is 1. The van der Waals surface area contributed by atoms with E-state index in [0.29, 0.717) is 6.61 Å². The molecule has 0 radical (unpaired) electrons. The van der Waals surface area contributed by atoms with E-state index < -0.39 is 0 Å². The number of piperazine rings is 1. The van der Waals surface area contributed by atoms with E-state index in [1.54, 1.807) is 6.26 Å². The van der Waals surface area contributed by atoms with E-state index in [0.717, 1.165) is 23.3 Å². The first-order valence-corrected chi connectivity index (χ1v) is 6.17.